The summed E-state index contributed by atoms with van der Waals surface area (Å²) in [4.78, 5) is 14.8. The maximum absolute atomic E-state index is 12.9. The van der Waals surface area contributed by atoms with Crippen molar-refractivity contribution in [3.8, 4) is 5.69 Å². The van der Waals surface area contributed by atoms with E-state index in [1.54, 1.807) is 10.9 Å². The topological polar surface area (TPSA) is 64.2 Å². The van der Waals surface area contributed by atoms with Crippen LogP contribution in [0.5, 0.6) is 0 Å². The second kappa shape index (κ2) is 7.36. The lowest BCUT2D eigenvalue weighted by atomic mass is 9.79. The molecule has 1 aromatic carbocycles. The van der Waals surface area contributed by atoms with Gasteiger partial charge in [-0.1, -0.05) is 25.4 Å². The van der Waals surface area contributed by atoms with Crippen LogP contribution in [0.15, 0.2) is 30.5 Å². The van der Waals surface area contributed by atoms with Crippen molar-refractivity contribution in [2.45, 2.75) is 33.2 Å². The summed E-state index contributed by atoms with van der Waals surface area (Å²) in [5.74, 6) is 0.0210. The average molecular weight is 383 g/mol. The van der Waals surface area contributed by atoms with Gasteiger partial charge in [0, 0.05) is 30.4 Å². The van der Waals surface area contributed by atoms with E-state index in [0.29, 0.717) is 23.7 Å². The number of rotatable bonds is 2. The lowest BCUT2D eigenvalue weighted by Crippen LogP contribution is -2.54. The second-order valence-electron chi connectivity index (χ2n) is 7.16. The van der Waals surface area contributed by atoms with Gasteiger partial charge in [0.2, 0.25) is 0 Å². The number of carbonyl (C=O) groups excluding carboxylic acids is 1. The SMILES string of the molecule is Cc1nn(-c2ccc(Cl)cc2)cc1C(=O)N1CCC(N)C(C)(C)C1.Cl. The normalized spacial score (nSPS) is 19.4. The Bertz CT molecular complexity index is 755. The third-order valence-electron chi connectivity index (χ3n) is 4.82. The zero-order valence-corrected chi connectivity index (χ0v) is 16.3. The van der Waals surface area contributed by atoms with E-state index in [2.05, 4.69) is 18.9 Å². The molecule has 0 spiro atoms. The number of aromatic nitrogens is 2. The highest BCUT2D eigenvalue weighted by atomic mass is 35.5. The van der Waals surface area contributed by atoms with E-state index >= 15 is 0 Å². The average Bonchev–Trinajstić information content (AvgIpc) is 2.92. The predicted molar refractivity (Wildman–Crippen MR) is 103 cm³/mol. The number of carbonyl (C=O) groups is 1. The van der Waals surface area contributed by atoms with Crippen LogP contribution in [0, 0.1) is 12.3 Å². The summed E-state index contributed by atoms with van der Waals surface area (Å²) in [6.45, 7) is 7.44. The van der Waals surface area contributed by atoms with Gasteiger partial charge in [-0.2, -0.15) is 5.10 Å². The molecule has 136 valence electrons. The number of likely N-dealkylation sites (tertiary alicyclic amines) is 1. The molecule has 0 saturated carbocycles. The Kier molecular flexibility index (Phi) is 5.82. The van der Waals surface area contributed by atoms with Gasteiger partial charge in [-0.05, 0) is 43.0 Å². The molecule has 0 radical (unpaired) electrons. The first-order valence-electron chi connectivity index (χ1n) is 8.15. The molecule has 2 heterocycles. The molecule has 2 N–H and O–H groups in total. The maximum Gasteiger partial charge on any atom is 0.257 e. The molecule has 1 atom stereocenters. The molecule has 25 heavy (non-hydrogen) atoms. The van der Waals surface area contributed by atoms with Crippen LogP contribution in [-0.4, -0.2) is 39.7 Å². The standard InChI is InChI=1S/C18H23ClN4O.ClH/c1-12-15(10-23(21-12)14-6-4-13(19)5-7-14)17(24)22-9-8-16(20)18(2,3)11-22;/h4-7,10,16H,8-9,11,20H2,1-3H3;1H. The number of halogens is 2. The number of aryl methyl sites for hydroxylation is 1. The van der Waals surface area contributed by atoms with E-state index in [-0.39, 0.29) is 29.8 Å². The van der Waals surface area contributed by atoms with Gasteiger partial charge < -0.3 is 10.6 Å². The van der Waals surface area contributed by atoms with Crippen molar-refractivity contribution in [1.29, 1.82) is 0 Å². The van der Waals surface area contributed by atoms with Crippen molar-refractivity contribution < 1.29 is 4.79 Å². The highest BCUT2D eigenvalue weighted by molar-refractivity contribution is 6.30. The number of benzene rings is 1. The van der Waals surface area contributed by atoms with Gasteiger partial charge in [0.15, 0.2) is 0 Å². The van der Waals surface area contributed by atoms with Gasteiger partial charge in [0.1, 0.15) is 0 Å². The van der Waals surface area contributed by atoms with E-state index in [9.17, 15) is 4.79 Å². The van der Waals surface area contributed by atoms with Crippen molar-refractivity contribution in [2.24, 2.45) is 11.1 Å². The number of hydrogen-bond acceptors (Lipinski definition) is 3. The summed E-state index contributed by atoms with van der Waals surface area (Å²) < 4.78 is 1.72. The van der Waals surface area contributed by atoms with Crippen molar-refractivity contribution in [1.82, 2.24) is 14.7 Å². The van der Waals surface area contributed by atoms with Crippen LogP contribution in [0.3, 0.4) is 0 Å². The Labute approximate surface area is 159 Å². The molecule has 3 rings (SSSR count). The number of piperidine rings is 1. The molecule has 7 heteroatoms. The molecule has 1 saturated heterocycles. The predicted octanol–water partition coefficient (Wildman–Crippen LogP) is 3.46. The molecular formula is C18H24Cl2N4O. The molecule has 1 amide bonds. The minimum atomic E-state index is -0.0754. The van der Waals surface area contributed by atoms with Crippen LogP contribution in [0.1, 0.15) is 36.3 Å². The fraction of sp³-hybridized carbons (Fsp3) is 0.444. The highest BCUT2D eigenvalue weighted by Gasteiger charge is 2.36. The molecule has 1 unspecified atom stereocenters. The van der Waals surface area contributed by atoms with Crippen molar-refractivity contribution in [3.63, 3.8) is 0 Å². The maximum atomic E-state index is 12.9. The molecule has 1 aromatic heterocycles. The molecule has 1 aliphatic heterocycles. The summed E-state index contributed by atoms with van der Waals surface area (Å²) in [6.07, 6.45) is 2.62. The van der Waals surface area contributed by atoms with Crippen LogP contribution < -0.4 is 5.73 Å². The lowest BCUT2D eigenvalue weighted by Gasteiger charge is -2.42. The molecule has 1 fully saturated rings. The molecule has 5 nitrogen and oxygen atoms in total. The zero-order valence-electron chi connectivity index (χ0n) is 14.7. The molecule has 0 aliphatic carbocycles. The summed E-state index contributed by atoms with van der Waals surface area (Å²) >= 11 is 5.93. The molecule has 2 aromatic rings. The summed E-state index contributed by atoms with van der Waals surface area (Å²) in [5.41, 5.74) is 8.33. The third-order valence-corrected chi connectivity index (χ3v) is 5.07. The Balaban J connectivity index is 0.00000225. The Morgan fingerprint density at radius 3 is 2.56 bits per heavy atom. The monoisotopic (exact) mass is 382 g/mol. The van der Waals surface area contributed by atoms with Gasteiger partial charge >= 0.3 is 0 Å². The number of nitrogens with two attached hydrogens (primary N) is 1. The second-order valence-corrected chi connectivity index (χ2v) is 7.60. The van der Waals surface area contributed by atoms with Crippen LogP contribution >= 0.6 is 24.0 Å². The van der Waals surface area contributed by atoms with Crippen molar-refractivity contribution >= 4 is 29.9 Å². The van der Waals surface area contributed by atoms with Crippen molar-refractivity contribution in [3.05, 3.63) is 46.7 Å². The van der Waals surface area contributed by atoms with Crippen LogP contribution in [0.4, 0.5) is 0 Å². The van der Waals surface area contributed by atoms with E-state index in [1.165, 1.54) is 0 Å². The van der Waals surface area contributed by atoms with Gasteiger partial charge in [-0.25, -0.2) is 4.68 Å². The number of nitrogens with zero attached hydrogens (tertiary/aromatic N) is 3. The smallest absolute Gasteiger partial charge is 0.257 e. The quantitative estimate of drug-likeness (QED) is 0.864. The summed E-state index contributed by atoms with van der Waals surface area (Å²) in [7, 11) is 0. The fourth-order valence-electron chi connectivity index (χ4n) is 3.11. The minimum absolute atomic E-state index is 0. The van der Waals surface area contributed by atoms with Crippen molar-refractivity contribution in [2.75, 3.05) is 13.1 Å². The molecule has 1 aliphatic rings. The largest absolute Gasteiger partial charge is 0.338 e. The van der Waals surface area contributed by atoms with E-state index in [1.807, 2.05) is 36.1 Å². The van der Waals surface area contributed by atoms with E-state index in [0.717, 1.165) is 17.8 Å². The highest BCUT2D eigenvalue weighted by Crippen LogP contribution is 2.29. The van der Waals surface area contributed by atoms with Crippen LogP contribution in [0.2, 0.25) is 5.02 Å². The Morgan fingerprint density at radius 1 is 1.32 bits per heavy atom. The molecule has 0 bridgehead atoms. The minimum Gasteiger partial charge on any atom is -0.338 e. The van der Waals surface area contributed by atoms with Gasteiger partial charge in [0.25, 0.3) is 5.91 Å². The van der Waals surface area contributed by atoms with Crippen LogP contribution in [0.25, 0.3) is 5.69 Å². The summed E-state index contributed by atoms with van der Waals surface area (Å²) in [6, 6.07) is 7.51. The van der Waals surface area contributed by atoms with Gasteiger partial charge in [-0.3, -0.25) is 4.79 Å². The summed E-state index contributed by atoms with van der Waals surface area (Å²) in [5, 5.41) is 5.15. The third kappa shape index (κ3) is 4.00. The first-order valence-corrected chi connectivity index (χ1v) is 8.53. The first-order chi connectivity index (χ1) is 11.3. The van der Waals surface area contributed by atoms with E-state index < -0.39 is 0 Å². The Morgan fingerprint density at radius 2 is 1.96 bits per heavy atom. The van der Waals surface area contributed by atoms with Gasteiger partial charge in [0.05, 0.1) is 16.9 Å². The molecular weight excluding hydrogens is 359 g/mol. The zero-order chi connectivity index (χ0) is 17.5. The lowest BCUT2D eigenvalue weighted by molar-refractivity contribution is 0.0532. The van der Waals surface area contributed by atoms with E-state index in [4.69, 9.17) is 17.3 Å². The fourth-order valence-corrected chi connectivity index (χ4v) is 3.24. The Hall–Kier alpha value is -1.56. The number of amides is 1. The number of hydrogen-bond donors (Lipinski definition) is 1. The van der Waals surface area contributed by atoms with Crippen LogP contribution in [-0.2, 0) is 0 Å². The first kappa shape index (κ1) is 19.8. The van der Waals surface area contributed by atoms with Gasteiger partial charge in [-0.15, -0.1) is 12.4 Å².